The van der Waals surface area contributed by atoms with E-state index < -0.39 is 0 Å². The van der Waals surface area contributed by atoms with E-state index in [4.69, 9.17) is 0 Å². The Morgan fingerprint density at radius 1 is 1.50 bits per heavy atom. The molecule has 6 heteroatoms. The predicted molar refractivity (Wildman–Crippen MR) is 83.4 cm³/mol. The molecule has 4 nitrogen and oxygen atoms in total. The van der Waals surface area contributed by atoms with Crippen molar-refractivity contribution in [3.05, 3.63) is 28.6 Å². The average Bonchev–Trinajstić information content (AvgIpc) is 3.17. The summed E-state index contributed by atoms with van der Waals surface area (Å²) in [6, 6.07) is 4.45. The third kappa shape index (κ3) is 2.77. The maximum absolute atomic E-state index is 12.5. The molecule has 0 aliphatic carbocycles. The summed E-state index contributed by atoms with van der Waals surface area (Å²) < 4.78 is 0. The van der Waals surface area contributed by atoms with Crippen LogP contribution in [0.25, 0.3) is 9.88 Å². The number of aromatic nitrogens is 1. The Bertz CT molecular complexity index is 579. The number of rotatable bonds is 3. The second-order valence-corrected chi connectivity index (χ2v) is 6.70. The van der Waals surface area contributed by atoms with E-state index in [-0.39, 0.29) is 5.91 Å². The summed E-state index contributed by atoms with van der Waals surface area (Å²) in [5, 5.41) is 8.10. The Morgan fingerprint density at radius 3 is 3.15 bits per heavy atom. The SMILES string of the molecule is CNC1CCCN(C(=O)c2csc(-c3cccs3)n2)C1. The van der Waals surface area contributed by atoms with E-state index in [9.17, 15) is 4.79 Å². The van der Waals surface area contributed by atoms with Crippen LogP contribution in [0.3, 0.4) is 0 Å². The minimum atomic E-state index is 0.0593. The zero-order valence-electron chi connectivity index (χ0n) is 11.3. The van der Waals surface area contributed by atoms with Crippen LogP contribution in [0.2, 0.25) is 0 Å². The number of carbonyl (C=O) groups is 1. The first-order chi connectivity index (χ1) is 9.78. The zero-order chi connectivity index (χ0) is 13.9. The van der Waals surface area contributed by atoms with Crippen LogP contribution in [-0.4, -0.2) is 42.0 Å². The smallest absolute Gasteiger partial charge is 0.273 e. The van der Waals surface area contributed by atoms with Gasteiger partial charge in [-0.25, -0.2) is 4.98 Å². The molecule has 0 radical (unpaired) electrons. The van der Waals surface area contributed by atoms with Gasteiger partial charge in [0.2, 0.25) is 0 Å². The molecule has 0 aromatic carbocycles. The minimum Gasteiger partial charge on any atom is -0.336 e. The molecule has 1 N–H and O–H groups in total. The van der Waals surface area contributed by atoms with Crippen LogP contribution in [0.4, 0.5) is 0 Å². The summed E-state index contributed by atoms with van der Waals surface area (Å²) in [6.45, 7) is 1.62. The van der Waals surface area contributed by atoms with E-state index in [1.54, 1.807) is 22.7 Å². The average molecular weight is 307 g/mol. The number of thiophene rings is 1. The molecule has 3 heterocycles. The van der Waals surface area contributed by atoms with Gasteiger partial charge in [-0.3, -0.25) is 4.79 Å². The Kier molecular flexibility index (Phi) is 4.14. The van der Waals surface area contributed by atoms with Crippen molar-refractivity contribution < 1.29 is 4.79 Å². The van der Waals surface area contributed by atoms with E-state index in [2.05, 4.69) is 10.3 Å². The zero-order valence-corrected chi connectivity index (χ0v) is 13.0. The van der Waals surface area contributed by atoms with Crippen molar-refractivity contribution in [1.29, 1.82) is 0 Å². The highest BCUT2D eigenvalue weighted by Crippen LogP contribution is 2.28. The lowest BCUT2D eigenvalue weighted by Crippen LogP contribution is -2.47. The fourth-order valence-electron chi connectivity index (χ4n) is 2.44. The lowest BCUT2D eigenvalue weighted by molar-refractivity contribution is 0.0693. The monoisotopic (exact) mass is 307 g/mol. The fraction of sp³-hybridized carbons (Fsp3) is 0.429. The Balaban J connectivity index is 1.74. The number of nitrogens with one attached hydrogen (secondary N) is 1. The highest BCUT2D eigenvalue weighted by atomic mass is 32.1. The number of nitrogens with zero attached hydrogens (tertiary/aromatic N) is 2. The molecular weight excluding hydrogens is 290 g/mol. The molecule has 1 amide bonds. The summed E-state index contributed by atoms with van der Waals surface area (Å²) in [6.07, 6.45) is 2.19. The molecule has 1 aliphatic rings. The normalized spacial score (nSPS) is 19.2. The lowest BCUT2D eigenvalue weighted by Gasteiger charge is -2.32. The molecule has 0 bridgehead atoms. The predicted octanol–water partition coefficient (Wildman–Crippen LogP) is 2.70. The van der Waals surface area contributed by atoms with Crippen molar-refractivity contribution in [2.45, 2.75) is 18.9 Å². The summed E-state index contributed by atoms with van der Waals surface area (Å²) in [7, 11) is 1.95. The summed E-state index contributed by atoms with van der Waals surface area (Å²) in [5.41, 5.74) is 0.579. The third-order valence-corrected chi connectivity index (χ3v) is 5.45. The number of amides is 1. The van der Waals surface area contributed by atoms with Crippen molar-refractivity contribution in [1.82, 2.24) is 15.2 Å². The highest BCUT2D eigenvalue weighted by molar-refractivity contribution is 7.20. The molecule has 1 unspecified atom stereocenters. The molecule has 1 aliphatic heterocycles. The van der Waals surface area contributed by atoms with Gasteiger partial charge in [0.25, 0.3) is 5.91 Å². The molecule has 1 fully saturated rings. The van der Waals surface area contributed by atoms with Crippen LogP contribution in [0.5, 0.6) is 0 Å². The number of thiazole rings is 1. The fourth-order valence-corrected chi connectivity index (χ4v) is 4.05. The van der Waals surface area contributed by atoms with Crippen molar-refractivity contribution in [3.8, 4) is 9.88 Å². The lowest BCUT2D eigenvalue weighted by atomic mass is 10.1. The van der Waals surface area contributed by atoms with Gasteiger partial charge in [0.1, 0.15) is 10.7 Å². The van der Waals surface area contributed by atoms with Crippen LogP contribution in [-0.2, 0) is 0 Å². The largest absolute Gasteiger partial charge is 0.336 e. The molecular formula is C14H17N3OS2. The second kappa shape index (κ2) is 6.03. The summed E-state index contributed by atoms with van der Waals surface area (Å²) in [4.78, 5) is 20.0. The van der Waals surface area contributed by atoms with Gasteiger partial charge in [-0.15, -0.1) is 22.7 Å². The van der Waals surface area contributed by atoms with Crippen molar-refractivity contribution in [3.63, 3.8) is 0 Å². The number of piperidine rings is 1. The highest BCUT2D eigenvalue weighted by Gasteiger charge is 2.25. The molecule has 2 aromatic heterocycles. The molecule has 20 heavy (non-hydrogen) atoms. The topological polar surface area (TPSA) is 45.2 Å². The Morgan fingerprint density at radius 2 is 2.40 bits per heavy atom. The summed E-state index contributed by atoms with van der Waals surface area (Å²) >= 11 is 3.20. The van der Waals surface area contributed by atoms with Gasteiger partial charge in [0.15, 0.2) is 0 Å². The first kappa shape index (κ1) is 13.7. The quantitative estimate of drug-likeness (QED) is 0.948. The van der Waals surface area contributed by atoms with Gasteiger partial charge in [-0.1, -0.05) is 6.07 Å². The van der Waals surface area contributed by atoms with E-state index in [1.165, 1.54) is 0 Å². The summed E-state index contributed by atoms with van der Waals surface area (Å²) in [5.74, 6) is 0.0593. The number of likely N-dealkylation sites (N-methyl/N-ethyl adjacent to an activating group) is 1. The van der Waals surface area contributed by atoms with Gasteiger partial charge in [0, 0.05) is 24.5 Å². The van der Waals surface area contributed by atoms with Crippen LogP contribution in [0, 0.1) is 0 Å². The van der Waals surface area contributed by atoms with E-state index >= 15 is 0 Å². The molecule has 3 rings (SSSR count). The molecule has 0 saturated carbocycles. The minimum absolute atomic E-state index is 0.0593. The van der Waals surface area contributed by atoms with Gasteiger partial charge in [-0.2, -0.15) is 0 Å². The Hall–Kier alpha value is -1.24. The first-order valence-electron chi connectivity index (χ1n) is 6.74. The number of hydrogen-bond acceptors (Lipinski definition) is 5. The van der Waals surface area contributed by atoms with E-state index in [0.29, 0.717) is 11.7 Å². The number of carbonyl (C=O) groups excluding carboxylic acids is 1. The van der Waals surface area contributed by atoms with E-state index in [1.807, 2.05) is 34.8 Å². The molecule has 1 atom stereocenters. The van der Waals surface area contributed by atoms with Gasteiger partial charge < -0.3 is 10.2 Å². The number of likely N-dealkylation sites (tertiary alicyclic amines) is 1. The van der Waals surface area contributed by atoms with Crippen LogP contribution < -0.4 is 5.32 Å². The van der Waals surface area contributed by atoms with Crippen molar-refractivity contribution in [2.75, 3.05) is 20.1 Å². The van der Waals surface area contributed by atoms with Gasteiger partial charge in [0.05, 0.1) is 4.88 Å². The van der Waals surface area contributed by atoms with E-state index in [0.717, 1.165) is 35.8 Å². The van der Waals surface area contributed by atoms with Gasteiger partial charge >= 0.3 is 0 Å². The maximum Gasteiger partial charge on any atom is 0.273 e. The van der Waals surface area contributed by atoms with Crippen LogP contribution in [0.15, 0.2) is 22.9 Å². The second-order valence-electron chi connectivity index (χ2n) is 4.89. The first-order valence-corrected chi connectivity index (χ1v) is 8.50. The van der Waals surface area contributed by atoms with Crippen LogP contribution in [0.1, 0.15) is 23.3 Å². The third-order valence-electron chi connectivity index (χ3n) is 3.57. The maximum atomic E-state index is 12.5. The van der Waals surface area contributed by atoms with Crippen LogP contribution >= 0.6 is 22.7 Å². The Labute approximate surface area is 126 Å². The van der Waals surface area contributed by atoms with Crippen molar-refractivity contribution in [2.24, 2.45) is 0 Å². The standard InChI is InChI=1S/C14H17N3OS2/c1-15-10-4-2-6-17(8-10)14(18)11-9-20-13(16-11)12-5-3-7-19-12/h3,5,7,9-10,15H,2,4,6,8H2,1H3. The molecule has 106 valence electrons. The van der Waals surface area contributed by atoms with Gasteiger partial charge in [-0.05, 0) is 31.3 Å². The molecule has 0 spiro atoms. The number of hydrogen-bond donors (Lipinski definition) is 1. The molecule has 2 aromatic rings. The molecule has 1 saturated heterocycles. The van der Waals surface area contributed by atoms with Crippen molar-refractivity contribution >= 4 is 28.6 Å².